The Balaban J connectivity index is 1.22. The van der Waals surface area contributed by atoms with Crippen LogP contribution in [0.4, 0.5) is 4.39 Å². The number of carbonyl (C=O) groups excluding carboxylic acids is 2. The third-order valence-corrected chi connectivity index (χ3v) is 12.8. The molecule has 8 nitrogen and oxygen atoms in total. The molecule has 5 aliphatic carbocycles. The van der Waals surface area contributed by atoms with Crippen LogP contribution in [0.25, 0.3) is 11.8 Å². The summed E-state index contributed by atoms with van der Waals surface area (Å²) in [6.45, 7) is 4.28. The first kappa shape index (κ1) is 29.7. The van der Waals surface area contributed by atoms with Crippen molar-refractivity contribution in [3.63, 3.8) is 0 Å². The van der Waals surface area contributed by atoms with E-state index in [-0.39, 0.29) is 39.9 Å². The smallest absolute Gasteiger partial charge is 0.339 e. The van der Waals surface area contributed by atoms with Gasteiger partial charge in [-0.2, -0.15) is 10.4 Å². The van der Waals surface area contributed by atoms with Crippen LogP contribution in [0.2, 0.25) is 0 Å². The van der Waals surface area contributed by atoms with Crippen molar-refractivity contribution in [3.05, 3.63) is 53.1 Å². The molecule has 0 saturated heterocycles. The van der Waals surface area contributed by atoms with Crippen LogP contribution in [0.5, 0.6) is 0 Å². The van der Waals surface area contributed by atoms with Gasteiger partial charge in [-0.15, -0.1) is 0 Å². The zero-order valence-corrected chi connectivity index (χ0v) is 26.2. The third kappa shape index (κ3) is 4.11. The summed E-state index contributed by atoms with van der Waals surface area (Å²) in [6.07, 6.45) is 8.34. The maximum absolute atomic E-state index is 14.0. The Morgan fingerprint density at radius 3 is 2.64 bits per heavy atom. The number of carbonyl (C=O) groups is 2. The van der Waals surface area contributed by atoms with Crippen molar-refractivity contribution >= 4 is 28.9 Å². The first-order valence-electron chi connectivity index (χ1n) is 15.6. The summed E-state index contributed by atoms with van der Waals surface area (Å²) >= 11 is 0.910. The first-order valence-corrected chi connectivity index (χ1v) is 16.6. The van der Waals surface area contributed by atoms with Gasteiger partial charge in [0.1, 0.15) is 5.82 Å². The fourth-order valence-electron chi connectivity index (χ4n) is 9.58. The molecule has 1 heterocycles. The van der Waals surface area contributed by atoms with Gasteiger partial charge in [-0.05, 0) is 110 Å². The molecule has 0 bridgehead atoms. The molecule has 1 N–H and O–H groups in total. The summed E-state index contributed by atoms with van der Waals surface area (Å²) in [5, 5.41) is 25.7. The number of allylic oxidation sites excluding steroid dienone is 1. The van der Waals surface area contributed by atoms with E-state index in [0.717, 1.165) is 48.0 Å². The fraction of sp³-hybridized carbons (Fsp3) is 0.588. The number of thioether (sulfide) groups is 1. The molecule has 7 rings (SSSR count). The molecule has 5 aliphatic rings. The molecule has 0 spiro atoms. The predicted octanol–water partition coefficient (Wildman–Crippen LogP) is 5.41. The number of hydrogen-bond donors (Lipinski definition) is 1. The van der Waals surface area contributed by atoms with E-state index in [4.69, 9.17) is 9.47 Å². The number of aromatic nitrogens is 2. The van der Waals surface area contributed by atoms with Crippen LogP contribution >= 0.6 is 11.8 Å². The predicted molar refractivity (Wildman–Crippen MR) is 162 cm³/mol. The number of fused-ring (bicyclic) bond motifs is 6. The molecule has 2 aromatic rings. The van der Waals surface area contributed by atoms with Gasteiger partial charge in [0.2, 0.25) is 5.12 Å². The standard InChI is InChI=1S/C34H38FN3O5S/c1-31-17-20-19-37-38(23-7-5-22(35)6-8-23)26(20)16-21(31)4-9-24-25-10-11-34(30(41)44-15-14-36,32(25,2)18-27(39)28(24)31)43-29(40)33(42-3)12-13-33/h5-8,16,19,24-25,27-28,39H,4,9-13,15,17-18H2,1-3H3/t24?,25-,27?,28+,31?,32?,34?/m0/s1. The molecule has 232 valence electrons. The van der Waals surface area contributed by atoms with Gasteiger partial charge in [0.05, 0.1) is 35.5 Å². The van der Waals surface area contributed by atoms with Gasteiger partial charge >= 0.3 is 5.97 Å². The second-order valence-corrected chi connectivity index (χ2v) is 14.9. The number of methoxy groups -OCH3 is 1. The maximum Gasteiger partial charge on any atom is 0.339 e. The Morgan fingerprint density at radius 1 is 1.20 bits per heavy atom. The van der Waals surface area contributed by atoms with Crippen LogP contribution in [0.15, 0.2) is 36.0 Å². The van der Waals surface area contributed by atoms with Gasteiger partial charge in [0.25, 0.3) is 0 Å². The van der Waals surface area contributed by atoms with Crippen molar-refractivity contribution in [3.8, 4) is 11.8 Å². The van der Waals surface area contributed by atoms with Crippen LogP contribution in [0, 0.1) is 45.7 Å². The molecular formula is C34H38FN3O5S. The highest BCUT2D eigenvalue weighted by atomic mass is 32.2. The molecule has 1 aromatic heterocycles. The van der Waals surface area contributed by atoms with Crippen LogP contribution in [-0.2, 0) is 25.5 Å². The summed E-state index contributed by atoms with van der Waals surface area (Å²) in [6, 6.07) is 8.37. The number of ether oxygens (including phenoxy) is 2. The summed E-state index contributed by atoms with van der Waals surface area (Å²) in [7, 11) is 1.49. The number of halogens is 1. The molecule has 1 aromatic carbocycles. The van der Waals surface area contributed by atoms with Crippen molar-refractivity contribution in [1.29, 1.82) is 5.26 Å². The van der Waals surface area contributed by atoms with Crippen LogP contribution < -0.4 is 0 Å². The van der Waals surface area contributed by atoms with Crippen molar-refractivity contribution in [2.24, 2.45) is 28.6 Å². The SMILES string of the molecule is COC1(C(=O)OC2(C(=O)SCC#N)CC[C@H]3C4CCC5=Cc6c(cnn6-c6ccc(F)cc6)CC5(C)[C@H]4C(O)CC32C)CC1. The van der Waals surface area contributed by atoms with Crippen molar-refractivity contribution in [2.75, 3.05) is 12.9 Å². The number of nitriles is 1. The lowest BCUT2D eigenvalue weighted by Gasteiger charge is -2.60. The zero-order valence-electron chi connectivity index (χ0n) is 25.3. The van der Waals surface area contributed by atoms with Gasteiger partial charge in [0.15, 0.2) is 11.2 Å². The number of hydrogen-bond acceptors (Lipinski definition) is 8. The Bertz CT molecular complexity index is 1590. The van der Waals surface area contributed by atoms with E-state index < -0.39 is 28.7 Å². The van der Waals surface area contributed by atoms with Crippen molar-refractivity contribution in [2.45, 2.75) is 82.5 Å². The van der Waals surface area contributed by atoms with Crippen LogP contribution in [0.3, 0.4) is 0 Å². The Morgan fingerprint density at radius 2 is 1.95 bits per heavy atom. The highest BCUT2D eigenvalue weighted by Gasteiger charge is 2.71. The lowest BCUT2D eigenvalue weighted by molar-refractivity contribution is -0.204. The maximum atomic E-state index is 14.0. The summed E-state index contributed by atoms with van der Waals surface area (Å²) in [4.78, 5) is 27.4. The minimum atomic E-state index is -1.43. The molecule has 5 unspecified atom stereocenters. The van der Waals surface area contributed by atoms with Crippen LogP contribution in [-0.4, -0.2) is 56.1 Å². The molecule has 4 saturated carbocycles. The third-order valence-electron chi connectivity index (χ3n) is 11.9. The van der Waals surface area contributed by atoms with Gasteiger partial charge in [-0.1, -0.05) is 31.2 Å². The first-order chi connectivity index (χ1) is 21.0. The molecule has 0 radical (unpaired) electrons. The lowest BCUT2D eigenvalue weighted by Crippen LogP contribution is -2.63. The number of rotatable bonds is 6. The largest absolute Gasteiger partial charge is 0.447 e. The van der Waals surface area contributed by atoms with E-state index in [1.807, 2.05) is 23.9 Å². The Labute approximate surface area is 261 Å². The van der Waals surface area contributed by atoms with Gasteiger partial charge in [-0.3, -0.25) is 4.79 Å². The number of esters is 1. The average Bonchev–Trinajstić information content (AvgIpc) is 3.63. The lowest BCUT2D eigenvalue weighted by atomic mass is 9.45. The number of benzene rings is 1. The zero-order chi connectivity index (χ0) is 31.1. The molecule has 0 aliphatic heterocycles. The van der Waals surface area contributed by atoms with E-state index >= 15 is 0 Å². The fourth-order valence-corrected chi connectivity index (χ4v) is 10.4. The summed E-state index contributed by atoms with van der Waals surface area (Å²) in [5.41, 5.74) is 0.653. The van der Waals surface area contributed by atoms with Crippen molar-refractivity contribution < 1.29 is 28.6 Å². The summed E-state index contributed by atoms with van der Waals surface area (Å²) < 4.78 is 27.3. The van der Waals surface area contributed by atoms with E-state index in [2.05, 4.69) is 18.1 Å². The Hall–Kier alpha value is -3.00. The monoisotopic (exact) mass is 619 g/mol. The minimum Gasteiger partial charge on any atom is -0.447 e. The highest BCUT2D eigenvalue weighted by molar-refractivity contribution is 8.14. The minimum absolute atomic E-state index is 0.0247. The van der Waals surface area contributed by atoms with E-state index in [0.29, 0.717) is 32.1 Å². The molecule has 10 heteroatoms. The second kappa shape index (κ2) is 10.3. The second-order valence-electron chi connectivity index (χ2n) is 13.9. The van der Waals surface area contributed by atoms with Crippen molar-refractivity contribution in [1.82, 2.24) is 9.78 Å². The number of aliphatic hydroxyl groups is 1. The molecule has 7 atom stereocenters. The number of nitrogens with zero attached hydrogens (tertiary/aromatic N) is 3. The molecule has 0 amide bonds. The van der Waals surface area contributed by atoms with E-state index in [9.17, 15) is 24.3 Å². The molecular weight excluding hydrogens is 581 g/mol. The Kier molecular flexibility index (Phi) is 6.93. The van der Waals surface area contributed by atoms with Gasteiger partial charge in [0, 0.05) is 12.5 Å². The van der Waals surface area contributed by atoms with Gasteiger partial charge in [-0.25, -0.2) is 13.9 Å². The van der Waals surface area contributed by atoms with Gasteiger partial charge < -0.3 is 14.6 Å². The van der Waals surface area contributed by atoms with Crippen LogP contribution in [0.1, 0.15) is 70.1 Å². The quantitative estimate of drug-likeness (QED) is 0.427. The molecule has 44 heavy (non-hydrogen) atoms. The van der Waals surface area contributed by atoms with E-state index in [1.165, 1.54) is 24.8 Å². The molecule has 4 fully saturated rings. The highest BCUT2D eigenvalue weighted by Crippen LogP contribution is 2.69. The number of aliphatic hydroxyl groups excluding tert-OH is 1. The van der Waals surface area contributed by atoms with E-state index in [1.54, 1.807) is 12.1 Å². The average molecular weight is 620 g/mol. The topological polar surface area (TPSA) is 114 Å². The normalized spacial score (nSPS) is 36.1. The summed E-state index contributed by atoms with van der Waals surface area (Å²) in [5.74, 6) is -0.670.